The van der Waals surface area contributed by atoms with Gasteiger partial charge in [-0.25, -0.2) is 9.37 Å². The van der Waals surface area contributed by atoms with E-state index in [1.54, 1.807) is 6.07 Å². The summed E-state index contributed by atoms with van der Waals surface area (Å²) in [6, 6.07) is 2.97. The van der Waals surface area contributed by atoms with Crippen molar-refractivity contribution in [3.8, 4) is 11.1 Å². The van der Waals surface area contributed by atoms with Gasteiger partial charge in [0.05, 0.1) is 17.1 Å². The summed E-state index contributed by atoms with van der Waals surface area (Å²) < 4.78 is 13.3. The fourth-order valence-electron chi connectivity index (χ4n) is 2.59. The number of rotatable bonds is 3. The summed E-state index contributed by atoms with van der Waals surface area (Å²) >= 11 is 6.13. The molecule has 7 heteroatoms. The number of nitrogens with zero attached hydrogens (tertiary/aromatic N) is 2. The Hall–Kier alpha value is -2.05. The molecule has 2 aromatic heterocycles. The maximum absolute atomic E-state index is 13.3. The zero-order chi connectivity index (χ0) is 16.2. The molecular weight excluding hydrogens is 319 g/mol. The number of halogens is 2. The van der Waals surface area contributed by atoms with Crippen LogP contribution in [0.1, 0.15) is 12.8 Å². The van der Waals surface area contributed by atoms with Crippen LogP contribution in [0.25, 0.3) is 11.1 Å². The lowest BCUT2D eigenvalue weighted by atomic mass is 9.99. The quantitative estimate of drug-likeness (QED) is 0.905. The van der Waals surface area contributed by atoms with Crippen LogP contribution in [0, 0.1) is 11.7 Å². The number of nitrogens with one attached hydrogen (secondary N) is 2. The van der Waals surface area contributed by atoms with Crippen molar-refractivity contribution in [2.24, 2.45) is 5.92 Å². The predicted molar refractivity (Wildman–Crippen MR) is 86.7 cm³/mol. The molecule has 5 nitrogen and oxygen atoms in total. The number of carbonyl (C=O) groups is 1. The van der Waals surface area contributed by atoms with Crippen molar-refractivity contribution in [3.05, 3.63) is 41.6 Å². The SMILES string of the molecule is O=C(Nc1cc(-c2cncc(F)c2)c(Cl)cn1)[C@@H]1CCCNC1. The van der Waals surface area contributed by atoms with E-state index in [-0.39, 0.29) is 11.8 Å². The number of hydrogen-bond acceptors (Lipinski definition) is 4. The average Bonchev–Trinajstić information content (AvgIpc) is 2.57. The topological polar surface area (TPSA) is 66.9 Å². The summed E-state index contributed by atoms with van der Waals surface area (Å²) in [5.41, 5.74) is 1.11. The van der Waals surface area contributed by atoms with E-state index in [9.17, 15) is 9.18 Å². The van der Waals surface area contributed by atoms with Gasteiger partial charge in [-0.2, -0.15) is 0 Å². The van der Waals surface area contributed by atoms with Gasteiger partial charge in [-0.3, -0.25) is 9.78 Å². The molecule has 2 N–H and O–H groups in total. The molecular formula is C16H16ClFN4O. The highest BCUT2D eigenvalue weighted by atomic mass is 35.5. The van der Waals surface area contributed by atoms with E-state index in [2.05, 4.69) is 20.6 Å². The standard InChI is InChI=1S/C16H16ClFN4O/c17-14-9-21-15(22-16(23)10-2-1-3-19-6-10)5-13(14)11-4-12(18)8-20-7-11/h4-5,7-10,19H,1-3,6H2,(H,21,22,23)/t10-/m1/s1. The second-order valence-corrected chi connectivity index (χ2v) is 5.88. The fourth-order valence-corrected chi connectivity index (χ4v) is 2.80. The lowest BCUT2D eigenvalue weighted by molar-refractivity contribution is -0.120. The molecule has 1 saturated heterocycles. The minimum atomic E-state index is -0.450. The van der Waals surface area contributed by atoms with Crippen LogP contribution in [0.3, 0.4) is 0 Å². The highest BCUT2D eigenvalue weighted by molar-refractivity contribution is 6.33. The minimum absolute atomic E-state index is 0.0690. The number of carbonyl (C=O) groups excluding carboxylic acids is 1. The van der Waals surface area contributed by atoms with Crippen molar-refractivity contribution in [1.82, 2.24) is 15.3 Å². The van der Waals surface area contributed by atoms with Crippen LogP contribution in [0.15, 0.2) is 30.7 Å². The van der Waals surface area contributed by atoms with Gasteiger partial charge in [-0.05, 0) is 31.5 Å². The van der Waals surface area contributed by atoms with Crippen LogP contribution >= 0.6 is 11.6 Å². The number of anilines is 1. The fraction of sp³-hybridized carbons (Fsp3) is 0.312. The molecule has 23 heavy (non-hydrogen) atoms. The van der Waals surface area contributed by atoms with E-state index < -0.39 is 5.82 Å². The summed E-state index contributed by atoms with van der Waals surface area (Å²) in [5, 5.41) is 6.37. The van der Waals surface area contributed by atoms with E-state index in [0.29, 0.717) is 28.5 Å². The van der Waals surface area contributed by atoms with Gasteiger partial charge >= 0.3 is 0 Å². The molecule has 1 aliphatic heterocycles. The summed E-state index contributed by atoms with van der Waals surface area (Å²) in [5.74, 6) is -0.200. The number of hydrogen-bond donors (Lipinski definition) is 2. The van der Waals surface area contributed by atoms with Crippen LogP contribution in [0.2, 0.25) is 5.02 Å². The van der Waals surface area contributed by atoms with E-state index in [1.165, 1.54) is 18.5 Å². The van der Waals surface area contributed by atoms with Crippen molar-refractivity contribution >= 4 is 23.3 Å². The van der Waals surface area contributed by atoms with Gasteiger partial charge in [-0.15, -0.1) is 0 Å². The molecule has 0 unspecified atom stereocenters. The van der Waals surface area contributed by atoms with Crippen LogP contribution in [0.4, 0.5) is 10.2 Å². The number of aromatic nitrogens is 2. The van der Waals surface area contributed by atoms with Crippen LogP contribution in [-0.2, 0) is 4.79 Å². The molecule has 0 aromatic carbocycles. The molecule has 0 saturated carbocycles. The number of piperidine rings is 1. The third-order valence-corrected chi connectivity index (χ3v) is 4.09. The largest absolute Gasteiger partial charge is 0.316 e. The summed E-state index contributed by atoms with van der Waals surface area (Å²) in [7, 11) is 0. The third-order valence-electron chi connectivity index (χ3n) is 3.79. The second-order valence-electron chi connectivity index (χ2n) is 5.47. The first-order valence-electron chi connectivity index (χ1n) is 7.41. The average molecular weight is 335 g/mol. The zero-order valence-corrected chi connectivity index (χ0v) is 13.1. The molecule has 120 valence electrons. The van der Waals surface area contributed by atoms with Gasteiger partial charge in [0.2, 0.25) is 5.91 Å². The van der Waals surface area contributed by atoms with Gasteiger partial charge in [-0.1, -0.05) is 11.6 Å². The highest BCUT2D eigenvalue weighted by Crippen LogP contribution is 2.29. The Balaban J connectivity index is 1.81. The van der Waals surface area contributed by atoms with Crippen molar-refractivity contribution < 1.29 is 9.18 Å². The van der Waals surface area contributed by atoms with Gasteiger partial charge in [0, 0.05) is 30.1 Å². The molecule has 0 aliphatic carbocycles. The Morgan fingerprint density at radius 3 is 2.96 bits per heavy atom. The second kappa shape index (κ2) is 7.02. The normalized spacial score (nSPS) is 17.7. The van der Waals surface area contributed by atoms with E-state index >= 15 is 0 Å². The Morgan fingerprint density at radius 1 is 1.35 bits per heavy atom. The Kier molecular flexibility index (Phi) is 4.83. The summed E-state index contributed by atoms with van der Waals surface area (Å²) in [6.45, 7) is 1.61. The molecule has 2 aromatic rings. The lowest BCUT2D eigenvalue weighted by Crippen LogP contribution is -2.37. The first-order chi connectivity index (χ1) is 11.1. The van der Waals surface area contributed by atoms with Crippen molar-refractivity contribution in [1.29, 1.82) is 0 Å². The molecule has 1 amide bonds. The molecule has 1 aliphatic rings. The molecule has 3 heterocycles. The van der Waals surface area contributed by atoms with Crippen molar-refractivity contribution in [2.45, 2.75) is 12.8 Å². The number of amides is 1. The van der Waals surface area contributed by atoms with E-state index in [1.807, 2.05) is 0 Å². The first-order valence-corrected chi connectivity index (χ1v) is 7.79. The van der Waals surface area contributed by atoms with Gasteiger partial charge < -0.3 is 10.6 Å². The first kappa shape index (κ1) is 15.8. The molecule has 0 bridgehead atoms. The Bertz CT molecular complexity index is 719. The molecule has 1 atom stereocenters. The molecule has 0 spiro atoms. The summed E-state index contributed by atoms with van der Waals surface area (Å²) in [6.07, 6.45) is 5.91. The highest BCUT2D eigenvalue weighted by Gasteiger charge is 2.21. The molecule has 1 fully saturated rings. The van der Waals surface area contributed by atoms with Gasteiger partial charge in [0.15, 0.2) is 0 Å². The maximum Gasteiger partial charge on any atom is 0.229 e. The van der Waals surface area contributed by atoms with Crippen molar-refractivity contribution in [3.63, 3.8) is 0 Å². The zero-order valence-electron chi connectivity index (χ0n) is 12.4. The minimum Gasteiger partial charge on any atom is -0.316 e. The van der Waals surface area contributed by atoms with Crippen molar-refractivity contribution in [2.75, 3.05) is 18.4 Å². The number of pyridine rings is 2. The molecule has 0 radical (unpaired) electrons. The van der Waals surface area contributed by atoms with E-state index in [4.69, 9.17) is 11.6 Å². The van der Waals surface area contributed by atoms with Gasteiger partial charge in [0.1, 0.15) is 11.6 Å². The third kappa shape index (κ3) is 3.83. The molecule has 3 rings (SSSR count). The smallest absolute Gasteiger partial charge is 0.229 e. The Labute approximate surface area is 138 Å². The van der Waals surface area contributed by atoms with E-state index in [0.717, 1.165) is 25.6 Å². The Morgan fingerprint density at radius 2 is 2.22 bits per heavy atom. The predicted octanol–water partition coefficient (Wildman–Crippen LogP) is 2.87. The van der Waals surface area contributed by atoms with Crippen LogP contribution in [0.5, 0.6) is 0 Å². The summed E-state index contributed by atoms with van der Waals surface area (Å²) in [4.78, 5) is 20.2. The maximum atomic E-state index is 13.3. The monoisotopic (exact) mass is 334 g/mol. The van der Waals surface area contributed by atoms with Gasteiger partial charge in [0.25, 0.3) is 0 Å². The lowest BCUT2D eigenvalue weighted by Gasteiger charge is -2.21. The van der Waals surface area contributed by atoms with Crippen LogP contribution in [-0.4, -0.2) is 29.0 Å². The van der Waals surface area contributed by atoms with Crippen LogP contribution < -0.4 is 10.6 Å².